The van der Waals surface area contributed by atoms with Crippen LogP contribution in [-0.2, 0) is 0 Å². The minimum Gasteiger partial charge on any atom is -0.450 e. The van der Waals surface area contributed by atoms with Crippen LogP contribution in [0, 0.1) is 6.92 Å². The molecular formula is C6H9NO2. The zero-order valence-corrected chi connectivity index (χ0v) is 5.55. The molecule has 50 valence electrons. The van der Waals surface area contributed by atoms with Gasteiger partial charge in [0.2, 0.25) is 0 Å². The summed E-state index contributed by atoms with van der Waals surface area (Å²) in [4.78, 5) is 3.91. The zero-order chi connectivity index (χ0) is 6.69. The van der Waals surface area contributed by atoms with E-state index in [1.54, 1.807) is 6.26 Å². The Kier molecular flexibility index (Phi) is 1.72. The molecule has 0 radical (unpaired) electrons. The fraction of sp³-hybridized carbons (Fsp3) is 0.500. The van der Waals surface area contributed by atoms with Crippen LogP contribution in [-0.4, -0.2) is 11.6 Å². The molecule has 0 bridgehead atoms. The molecule has 0 aliphatic carbocycles. The molecule has 1 rings (SSSR count). The standard InChI is InChI=1S/C6H9NO2/c1-3-8-6-7-5(2)4-9-6/h4H,3H2,1-2H3. The van der Waals surface area contributed by atoms with Crippen LogP contribution in [0.1, 0.15) is 12.6 Å². The Labute approximate surface area is 53.7 Å². The van der Waals surface area contributed by atoms with Crippen LogP contribution in [0.15, 0.2) is 10.7 Å². The van der Waals surface area contributed by atoms with Gasteiger partial charge in [-0.2, -0.15) is 4.98 Å². The van der Waals surface area contributed by atoms with Gasteiger partial charge >= 0.3 is 6.08 Å². The van der Waals surface area contributed by atoms with E-state index in [9.17, 15) is 0 Å². The summed E-state index contributed by atoms with van der Waals surface area (Å²) in [5, 5.41) is 0. The summed E-state index contributed by atoms with van der Waals surface area (Å²) in [5.74, 6) is 0. The smallest absolute Gasteiger partial charge is 0.393 e. The summed E-state index contributed by atoms with van der Waals surface area (Å²) in [6.07, 6.45) is 1.92. The second-order valence-corrected chi connectivity index (χ2v) is 1.69. The lowest BCUT2D eigenvalue weighted by Gasteiger charge is -1.90. The summed E-state index contributed by atoms with van der Waals surface area (Å²) in [6, 6.07) is 0. The third kappa shape index (κ3) is 1.45. The number of aromatic nitrogens is 1. The van der Waals surface area contributed by atoms with Crippen molar-refractivity contribution in [3.8, 4) is 6.08 Å². The molecule has 1 aromatic heterocycles. The topological polar surface area (TPSA) is 35.3 Å². The highest BCUT2D eigenvalue weighted by atomic mass is 16.6. The normalized spacial score (nSPS) is 9.56. The molecule has 0 amide bonds. The number of hydrogen-bond donors (Lipinski definition) is 0. The molecule has 1 aromatic rings. The van der Waals surface area contributed by atoms with Crippen LogP contribution in [0.5, 0.6) is 6.08 Å². The molecule has 3 nitrogen and oxygen atoms in total. The fourth-order valence-electron chi connectivity index (χ4n) is 0.522. The van der Waals surface area contributed by atoms with Gasteiger partial charge in [-0.15, -0.1) is 0 Å². The number of ether oxygens (including phenoxy) is 1. The van der Waals surface area contributed by atoms with E-state index in [0.717, 1.165) is 5.69 Å². The van der Waals surface area contributed by atoms with Gasteiger partial charge in [0.25, 0.3) is 0 Å². The molecule has 0 saturated heterocycles. The highest BCUT2D eigenvalue weighted by Crippen LogP contribution is 2.07. The van der Waals surface area contributed by atoms with Crippen LogP contribution < -0.4 is 4.74 Å². The summed E-state index contributed by atoms with van der Waals surface area (Å²) in [7, 11) is 0. The van der Waals surface area contributed by atoms with Crippen molar-refractivity contribution >= 4 is 0 Å². The van der Waals surface area contributed by atoms with E-state index in [1.807, 2.05) is 13.8 Å². The maximum atomic E-state index is 4.95. The average molecular weight is 127 g/mol. The molecule has 0 unspecified atom stereocenters. The highest BCUT2D eigenvalue weighted by molar-refractivity contribution is 4.95. The third-order valence-electron chi connectivity index (χ3n) is 0.866. The largest absolute Gasteiger partial charge is 0.450 e. The Bertz CT molecular complexity index is 183. The molecule has 0 fully saturated rings. The number of hydrogen-bond acceptors (Lipinski definition) is 3. The number of rotatable bonds is 2. The quantitative estimate of drug-likeness (QED) is 0.602. The summed E-state index contributed by atoms with van der Waals surface area (Å²) < 4.78 is 9.82. The third-order valence-corrected chi connectivity index (χ3v) is 0.866. The van der Waals surface area contributed by atoms with Gasteiger partial charge in [-0.25, -0.2) is 0 Å². The minimum absolute atomic E-state index is 0.356. The van der Waals surface area contributed by atoms with Crippen LogP contribution in [0.25, 0.3) is 0 Å². The van der Waals surface area contributed by atoms with Crippen molar-refractivity contribution in [1.29, 1.82) is 0 Å². The molecule has 0 N–H and O–H groups in total. The van der Waals surface area contributed by atoms with Gasteiger partial charge < -0.3 is 9.15 Å². The predicted molar refractivity (Wildman–Crippen MR) is 32.4 cm³/mol. The molecule has 0 aliphatic rings. The predicted octanol–water partition coefficient (Wildman–Crippen LogP) is 1.38. The minimum atomic E-state index is 0.356. The van der Waals surface area contributed by atoms with Crippen LogP contribution in [0.4, 0.5) is 0 Å². The number of aryl methyl sites for hydroxylation is 1. The van der Waals surface area contributed by atoms with Gasteiger partial charge in [-0.1, -0.05) is 0 Å². The zero-order valence-electron chi connectivity index (χ0n) is 5.55. The van der Waals surface area contributed by atoms with Crippen molar-refractivity contribution < 1.29 is 9.15 Å². The van der Waals surface area contributed by atoms with Gasteiger partial charge in [0.15, 0.2) is 0 Å². The number of nitrogens with zero attached hydrogens (tertiary/aromatic N) is 1. The van der Waals surface area contributed by atoms with Gasteiger partial charge in [-0.05, 0) is 13.8 Å². The van der Waals surface area contributed by atoms with Crippen LogP contribution >= 0.6 is 0 Å². The van der Waals surface area contributed by atoms with Gasteiger partial charge in [0, 0.05) is 0 Å². The second kappa shape index (κ2) is 2.53. The van der Waals surface area contributed by atoms with E-state index < -0.39 is 0 Å². The first-order chi connectivity index (χ1) is 4.33. The first-order valence-electron chi connectivity index (χ1n) is 2.88. The van der Waals surface area contributed by atoms with Crippen molar-refractivity contribution in [2.75, 3.05) is 6.61 Å². The lowest BCUT2D eigenvalue weighted by atomic mass is 10.6. The monoisotopic (exact) mass is 127 g/mol. The molecule has 3 heteroatoms. The maximum Gasteiger partial charge on any atom is 0.393 e. The van der Waals surface area contributed by atoms with E-state index in [-0.39, 0.29) is 0 Å². The first-order valence-corrected chi connectivity index (χ1v) is 2.88. The molecule has 0 spiro atoms. The summed E-state index contributed by atoms with van der Waals surface area (Å²) in [5.41, 5.74) is 0.846. The Morgan fingerprint density at radius 3 is 3.00 bits per heavy atom. The second-order valence-electron chi connectivity index (χ2n) is 1.69. The lowest BCUT2D eigenvalue weighted by Crippen LogP contribution is -1.90. The Morgan fingerprint density at radius 2 is 2.56 bits per heavy atom. The van der Waals surface area contributed by atoms with E-state index in [1.165, 1.54) is 0 Å². The van der Waals surface area contributed by atoms with E-state index in [4.69, 9.17) is 9.15 Å². The first kappa shape index (κ1) is 6.13. The number of oxazole rings is 1. The van der Waals surface area contributed by atoms with Gasteiger partial charge in [-0.3, -0.25) is 0 Å². The molecule has 0 saturated carbocycles. The average Bonchev–Trinajstić information content (AvgIpc) is 2.17. The summed E-state index contributed by atoms with van der Waals surface area (Å²) >= 11 is 0. The van der Waals surface area contributed by atoms with Crippen molar-refractivity contribution in [2.45, 2.75) is 13.8 Å². The SMILES string of the molecule is CCOc1nc(C)co1. The van der Waals surface area contributed by atoms with Crippen LogP contribution in [0.2, 0.25) is 0 Å². The summed E-state index contributed by atoms with van der Waals surface area (Å²) in [6.45, 7) is 4.34. The molecule has 0 atom stereocenters. The van der Waals surface area contributed by atoms with Gasteiger partial charge in [0.1, 0.15) is 6.26 Å². The Morgan fingerprint density at radius 1 is 1.78 bits per heavy atom. The molecular weight excluding hydrogens is 118 g/mol. The fourth-order valence-corrected chi connectivity index (χ4v) is 0.522. The van der Waals surface area contributed by atoms with Gasteiger partial charge in [0.05, 0.1) is 12.3 Å². The molecule has 1 heterocycles. The van der Waals surface area contributed by atoms with Crippen molar-refractivity contribution in [3.05, 3.63) is 12.0 Å². The van der Waals surface area contributed by atoms with Crippen molar-refractivity contribution in [3.63, 3.8) is 0 Å². The Hall–Kier alpha value is -0.990. The molecule has 0 aromatic carbocycles. The highest BCUT2D eigenvalue weighted by Gasteiger charge is 1.96. The van der Waals surface area contributed by atoms with E-state index in [0.29, 0.717) is 12.7 Å². The lowest BCUT2D eigenvalue weighted by molar-refractivity contribution is 0.244. The molecule has 9 heavy (non-hydrogen) atoms. The maximum absolute atomic E-state index is 4.95. The van der Waals surface area contributed by atoms with E-state index in [2.05, 4.69) is 4.98 Å². The van der Waals surface area contributed by atoms with Crippen molar-refractivity contribution in [1.82, 2.24) is 4.98 Å². The molecule has 0 aliphatic heterocycles. The van der Waals surface area contributed by atoms with Crippen LogP contribution in [0.3, 0.4) is 0 Å². The van der Waals surface area contributed by atoms with Crippen molar-refractivity contribution in [2.24, 2.45) is 0 Å². The Balaban J connectivity index is 2.61. The van der Waals surface area contributed by atoms with E-state index >= 15 is 0 Å².